The number of hydrogen-bond acceptors (Lipinski definition) is 7. The van der Waals surface area contributed by atoms with Crippen LogP contribution in [-0.4, -0.2) is 77.2 Å². The molecule has 0 rings (SSSR count). The van der Waals surface area contributed by atoms with E-state index in [0.717, 1.165) is 0 Å². The molecule has 0 aliphatic heterocycles. The molecule has 0 aromatic carbocycles. The van der Waals surface area contributed by atoms with Crippen molar-refractivity contribution in [3.05, 3.63) is 0 Å². The highest BCUT2D eigenvalue weighted by atomic mass is 16.4. The molecular weight excluding hydrogens is 398 g/mol. The topological polar surface area (TPSA) is 235 Å². The molecule has 0 aromatic heterocycles. The van der Waals surface area contributed by atoms with Crippen LogP contribution in [0.5, 0.6) is 0 Å². The van der Waals surface area contributed by atoms with Crippen molar-refractivity contribution in [1.29, 1.82) is 0 Å². The number of aliphatic hydroxyl groups is 1. The van der Waals surface area contributed by atoms with Crippen LogP contribution in [0.25, 0.3) is 0 Å². The summed E-state index contributed by atoms with van der Waals surface area (Å²) in [6.07, 6.45) is -0.809. The summed E-state index contributed by atoms with van der Waals surface area (Å²) in [5, 5.41) is 25.8. The van der Waals surface area contributed by atoms with Gasteiger partial charge in [0.2, 0.25) is 17.7 Å². The number of amides is 3. The molecule has 0 spiro atoms. The van der Waals surface area contributed by atoms with Gasteiger partial charge in [-0.05, 0) is 25.7 Å². The number of guanidine groups is 1. The van der Waals surface area contributed by atoms with E-state index < -0.39 is 53.8 Å². The molecule has 0 fully saturated rings. The number of rotatable bonds is 13. The number of hydrogen-bond donors (Lipinski definition) is 8. The molecule has 0 saturated heterocycles. The maximum absolute atomic E-state index is 12.7. The summed E-state index contributed by atoms with van der Waals surface area (Å²) in [6, 6.07) is -3.65. The number of carboxylic acids is 1. The third kappa shape index (κ3) is 10.0. The fraction of sp³-hybridized carbons (Fsp3) is 0.706. The van der Waals surface area contributed by atoms with Gasteiger partial charge in [0, 0.05) is 6.54 Å². The molecular formula is C17H33N7O6. The van der Waals surface area contributed by atoms with Crippen molar-refractivity contribution in [3.63, 3.8) is 0 Å². The van der Waals surface area contributed by atoms with Gasteiger partial charge in [-0.2, -0.15) is 0 Å². The SMILES string of the molecule is CC(C)C(NC(=O)C(CCCN=C(N)N)NC(=O)CN)C(=O)NC(C(=O)O)C(C)O. The van der Waals surface area contributed by atoms with Crippen LogP contribution in [-0.2, 0) is 19.2 Å². The summed E-state index contributed by atoms with van der Waals surface area (Å²) in [6.45, 7) is 4.41. The Morgan fingerprint density at radius 1 is 0.967 bits per heavy atom. The van der Waals surface area contributed by atoms with Gasteiger partial charge in [-0.25, -0.2) is 4.79 Å². The molecule has 0 aliphatic carbocycles. The molecule has 0 aromatic rings. The van der Waals surface area contributed by atoms with Gasteiger partial charge in [-0.3, -0.25) is 19.4 Å². The first-order valence-corrected chi connectivity index (χ1v) is 9.47. The van der Waals surface area contributed by atoms with Crippen LogP contribution < -0.4 is 33.2 Å². The molecule has 0 heterocycles. The normalized spacial score (nSPS) is 14.7. The third-order valence-corrected chi connectivity index (χ3v) is 4.08. The fourth-order valence-electron chi connectivity index (χ4n) is 2.45. The Hall–Kier alpha value is -2.93. The van der Waals surface area contributed by atoms with Gasteiger partial charge in [-0.1, -0.05) is 13.8 Å². The Bertz CT molecular complexity index is 634. The standard InChI is InChI=1S/C17H33N7O6/c1-8(2)12(15(28)24-13(9(3)25)16(29)30)23-14(27)10(22-11(26)7-18)5-4-6-21-17(19)20/h8-10,12-13,25H,4-7,18H2,1-3H3,(H,22,26)(H,23,27)(H,24,28)(H,29,30)(H4,19,20,21). The molecule has 172 valence electrons. The van der Waals surface area contributed by atoms with Crippen LogP contribution in [0.4, 0.5) is 0 Å². The molecule has 4 atom stereocenters. The van der Waals surface area contributed by atoms with Gasteiger partial charge in [0.25, 0.3) is 0 Å². The van der Waals surface area contributed by atoms with E-state index in [-0.39, 0.29) is 25.5 Å². The lowest BCUT2D eigenvalue weighted by atomic mass is 10.0. The molecule has 30 heavy (non-hydrogen) atoms. The molecule has 4 unspecified atom stereocenters. The van der Waals surface area contributed by atoms with Gasteiger partial charge < -0.3 is 43.4 Å². The minimum atomic E-state index is -1.54. The second-order valence-corrected chi connectivity index (χ2v) is 7.07. The summed E-state index contributed by atoms with van der Waals surface area (Å²) in [7, 11) is 0. The molecule has 3 amide bonds. The molecule has 0 radical (unpaired) electrons. The van der Waals surface area contributed by atoms with Crippen LogP contribution >= 0.6 is 0 Å². The van der Waals surface area contributed by atoms with Crippen LogP contribution in [0, 0.1) is 5.92 Å². The molecule has 0 saturated carbocycles. The number of nitrogens with two attached hydrogens (primary N) is 3. The summed E-state index contributed by atoms with van der Waals surface area (Å²) >= 11 is 0. The summed E-state index contributed by atoms with van der Waals surface area (Å²) in [5.41, 5.74) is 15.8. The number of carbonyl (C=O) groups excluding carboxylic acids is 3. The highest BCUT2D eigenvalue weighted by molar-refractivity contribution is 5.93. The Morgan fingerprint density at radius 3 is 1.97 bits per heavy atom. The van der Waals surface area contributed by atoms with Gasteiger partial charge in [-0.15, -0.1) is 0 Å². The van der Waals surface area contributed by atoms with E-state index in [9.17, 15) is 24.3 Å². The van der Waals surface area contributed by atoms with Crippen LogP contribution in [0.1, 0.15) is 33.6 Å². The minimum absolute atomic E-state index is 0.107. The van der Waals surface area contributed by atoms with E-state index >= 15 is 0 Å². The molecule has 13 heteroatoms. The van der Waals surface area contributed by atoms with E-state index in [4.69, 9.17) is 22.3 Å². The highest BCUT2D eigenvalue weighted by Crippen LogP contribution is 2.06. The lowest BCUT2D eigenvalue weighted by Gasteiger charge is -2.27. The van der Waals surface area contributed by atoms with Crippen LogP contribution in [0.15, 0.2) is 4.99 Å². The van der Waals surface area contributed by atoms with Crippen molar-refractivity contribution < 1.29 is 29.4 Å². The Balaban J connectivity index is 5.28. The van der Waals surface area contributed by atoms with Crippen LogP contribution in [0.3, 0.4) is 0 Å². The number of carbonyl (C=O) groups is 4. The monoisotopic (exact) mass is 431 g/mol. The zero-order chi connectivity index (χ0) is 23.4. The lowest BCUT2D eigenvalue weighted by Crippen LogP contribution is -2.59. The first-order valence-electron chi connectivity index (χ1n) is 9.47. The molecule has 0 aliphatic rings. The van der Waals surface area contributed by atoms with Crippen molar-refractivity contribution in [2.45, 2.75) is 57.8 Å². The zero-order valence-corrected chi connectivity index (χ0v) is 17.4. The number of nitrogens with one attached hydrogen (secondary N) is 3. The van der Waals surface area contributed by atoms with Crippen molar-refractivity contribution in [3.8, 4) is 0 Å². The van der Waals surface area contributed by atoms with Crippen LogP contribution in [0.2, 0.25) is 0 Å². The predicted octanol–water partition coefficient (Wildman–Crippen LogP) is -3.43. The second-order valence-electron chi connectivity index (χ2n) is 7.07. The Labute approximate surface area is 174 Å². The molecule has 13 nitrogen and oxygen atoms in total. The van der Waals surface area contributed by atoms with Gasteiger partial charge in [0.05, 0.1) is 12.6 Å². The maximum Gasteiger partial charge on any atom is 0.328 e. The largest absolute Gasteiger partial charge is 0.480 e. The van der Waals surface area contributed by atoms with E-state index in [0.29, 0.717) is 6.42 Å². The summed E-state index contributed by atoms with van der Waals surface area (Å²) < 4.78 is 0. The fourth-order valence-corrected chi connectivity index (χ4v) is 2.45. The molecule has 11 N–H and O–H groups in total. The van der Waals surface area contributed by atoms with Crippen molar-refractivity contribution in [2.75, 3.05) is 13.1 Å². The number of aliphatic hydroxyl groups excluding tert-OH is 1. The highest BCUT2D eigenvalue weighted by Gasteiger charge is 2.32. The van der Waals surface area contributed by atoms with E-state index in [1.807, 2.05) is 0 Å². The second kappa shape index (κ2) is 13.3. The lowest BCUT2D eigenvalue weighted by molar-refractivity contribution is -0.145. The van der Waals surface area contributed by atoms with E-state index in [1.165, 1.54) is 6.92 Å². The van der Waals surface area contributed by atoms with Gasteiger partial charge in [0.1, 0.15) is 12.1 Å². The Kier molecular flexibility index (Phi) is 12.0. The zero-order valence-electron chi connectivity index (χ0n) is 17.4. The van der Waals surface area contributed by atoms with E-state index in [1.54, 1.807) is 13.8 Å². The summed E-state index contributed by atoms with van der Waals surface area (Å²) in [5.74, 6) is -3.94. The number of nitrogens with zero attached hydrogens (tertiary/aromatic N) is 1. The summed E-state index contributed by atoms with van der Waals surface area (Å²) in [4.78, 5) is 51.9. The third-order valence-electron chi connectivity index (χ3n) is 4.08. The van der Waals surface area contributed by atoms with Crippen molar-refractivity contribution >= 4 is 29.7 Å². The number of aliphatic imine (C=N–C) groups is 1. The van der Waals surface area contributed by atoms with Crippen molar-refractivity contribution in [1.82, 2.24) is 16.0 Å². The quantitative estimate of drug-likeness (QED) is 0.0821. The maximum atomic E-state index is 12.7. The van der Waals surface area contributed by atoms with Gasteiger partial charge in [0.15, 0.2) is 12.0 Å². The average molecular weight is 431 g/mol. The number of aliphatic carboxylic acids is 1. The van der Waals surface area contributed by atoms with Gasteiger partial charge >= 0.3 is 5.97 Å². The smallest absolute Gasteiger partial charge is 0.328 e. The molecule has 0 bridgehead atoms. The first-order chi connectivity index (χ1) is 13.9. The van der Waals surface area contributed by atoms with E-state index in [2.05, 4.69) is 20.9 Å². The first kappa shape index (κ1) is 27.1. The number of carboxylic acid groups (broad SMARTS) is 1. The Morgan fingerprint density at radius 2 is 1.53 bits per heavy atom. The van der Waals surface area contributed by atoms with Crippen molar-refractivity contribution in [2.24, 2.45) is 28.1 Å². The average Bonchev–Trinajstić information content (AvgIpc) is 2.64. The predicted molar refractivity (Wildman–Crippen MR) is 109 cm³/mol. The minimum Gasteiger partial charge on any atom is -0.480 e.